The number of unbranched alkanes of at least 4 members (excludes halogenated alkanes) is 14. The first-order valence-electron chi connectivity index (χ1n) is 9.49. The van der Waals surface area contributed by atoms with Crippen molar-refractivity contribution < 1.29 is 4.79 Å². The molecule has 0 aromatic rings. The van der Waals surface area contributed by atoms with Crippen LogP contribution < -0.4 is 5.32 Å². The SMILES string of the molecule is CCCCCCCCCCCCCCCCCC(=O)NC#N.[Na]. The predicted molar refractivity (Wildman–Crippen MR) is 99.1 cm³/mol. The van der Waals surface area contributed by atoms with E-state index in [-0.39, 0.29) is 35.5 Å². The third-order valence-corrected chi connectivity index (χ3v) is 4.20. The molecule has 0 rings (SSSR count). The van der Waals surface area contributed by atoms with Crippen molar-refractivity contribution in [1.82, 2.24) is 5.32 Å². The molecule has 1 amide bonds. The standard InChI is InChI=1S/C19H36N2O.Na/c1-2-3-4-5-6-7-8-9-10-11-12-13-14-15-16-17-19(22)21-18-20;/h2-17H2,1H3,(H,21,22);. The van der Waals surface area contributed by atoms with Crippen LogP contribution in [0, 0.1) is 11.5 Å². The van der Waals surface area contributed by atoms with Crippen molar-refractivity contribution in [3.05, 3.63) is 0 Å². The predicted octanol–water partition coefficient (Wildman–Crippen LogP) is 5.46. The smallest absolute Gasteiger partial charge is 0.232 e. The summed E-state index contributed by atoms with van der Waals surface area (Å²) in [6, 6.07) is 0. The summed E-state index contributed by atoms with van der Waals surface area (Å²) < 4.78 is 0. The first-order valence-corrected chi connectivity index (χ1v) is 9.49. The van der Waals surface area contributed by atoms with Gasteiger partial charge >= 0.3 is 0 Å². The van der Waals surface area contributed by atoms with E-state index < -0.39 is 0 Å². The summed E-state index contributed by atoms with van der Waals surface area (Å²) in [5.41, 5.74) is 0. The van der Waals surface area contributed by atoms with Gasteiger partial charge in [-0.15, -0.1) is 0 Å². The van der Waals surface area contributed by atoms with Crippen LogP contribution in [0.25, 0.3) is 0 Å². The van der Waals surface area contributed by atoms with Crippen molar-refractivity contribution in [2.75, 3.05) is 0 Å². The first-order chi connectivity index (χ1) is 10.8. The Labute approximate surface area is 166 Å². The zero-order valence-electron chi connectivity index (χ0n) is 15.7. The zero-order chi connectivity index (χ0) is 16.3. The summed E-state index contributed by atoms with van der Waals surface area (Å²) in [4.78, 5) is 11.0. The molecule has 0 unspecified atom stereocenters. The van der Waals surface area contributed by atoms with Gasteiger partial charge in [-0.05, 0) is 6.42 Å². The van der Waals surface area contributed by atoms with Crippen LogP contribution in [0.3, 0.4) is 0 Å². The molecule has 0 atom stereocenters. The van der Waals surface area contributed by atoms with E-state index in [0.29, 0.717) is 6.42 Å². The molecule has 129 valence electrons. The van der Waals surface area contributed by atoms with Crippen LogP contribution in [0.5, 0.6) is 0 Å². The largest absolute Gasteiger partial charge is 0.274 e. The van der Waals surface area contributed by atoms with Crippen LogP contribution in [-0.4, -0.2) is 35.5 Å². The molecule has 0 spiro atoms. The number of hydrogen-bond acceptors (Lipinski definition) is 2. The third-order valence-electron chi connectivity index (χ3n) is 4.20. The fourth-order valence-electron chi connectivity index (χ4n) is 2.78. The summed E-state index contributed by atoms with van der Waals surface area (Å²) in [7, 11) is 0. The number of nitriles is 1. The quantitative estimate of drug-likeness (QED) is 0.177. The van der Waals surface area contributed by atoms with E-state index in [2.05, 4.69) is 12.2 Å². The van der Waals surface area contributed by atoms with Crippen molar-refractivity contribution in [3.8, 4) is 6.19 Å². The van der Waals surface area contributed by atoms with Gasteiger partial charge in [0.25, 0.3) is 0 Å². The minimum Gasteiger partial charge on any atom is -0.274 e. The van der Waals surface area contributed by atoms with E-state index in [1.807, 2.05) is 0 Å². The molecule has 3 nitrogen and oxygen atoms in total. The van der Waals surface area contributed by atoms with Crippen LogP contribution in [0.1, 0.15) is 110 Å². The van der Waals surface area contributed by atoms with Crippen LogP contribution in [0.2, 0.25) is 0 Å². The number of carbonyl (C=O) groups is 1. The fourth-order valence-corrected chi connectivity index (χ4v) is 2.78. The molecule has 0 aliphatic heterocycles. The molecular weight excluding hydrogens is 295 g/mol. The molecule has 0 aromatic carbocycles. The molecule has 0 saturated heterocycles. The molecular formula is C19H36N2NaO. The maximum atomic E-state index is 11.0. The van der Waals surface area contributed by atoms with E-state index in [9.17, 15) is 4.79 Å². The number of carbonyl (C=O) groups excluding carboxylic acids is 1. The Kier molecular flexibility index (Phi) is 24.1. The second kappa shape index (κ2) is 22.0. The van der Waals surface area contributed by atoms with E-state index >= 15 is 0 Å². The number of nitrogens with zero attached hydrogens (tertiary/aromatic N) is 1. The zero-order valence-corrected chi connectivity index (χ0v) is 17.7. The fraction of sp³-hybridized carbons (Fsp3) is 0.895. The summed E-state index contributed by atoms with van der Waals surface area (Å²) in [6.45, 7) is 2.27. The monoisotopic (exact) mass is 331 g/mol. The Morgan fingerprint density at radius 2 is 1.09 bits per heavy atom. The van der Waals surface area contributed by atoms with Gasteiger partial charge < -0.3 is 0 Å². The van der Waals surface area contributed by atoms with Gasteiger partial charge in [0.2, 0.25) is 5.91 Å². The van der Waals surface area contributed by atoms with E-state index in [1.54, 1.807) is 6.19 Å². The summed E-state index contributed by atoms with van der Waals surface area (Å²) in [5, 5.41) is 10.4. The number of rotatable bonds is 16. The number of hydrogen-bond donors (Lipinski definition) is 1. The minimum atomic E-state index is -0.141. The second-order valence-corrected chi connectivity index (χ2v) is 6.36. The molecule has 0 heterocycles. The molecule has 0 fully saturated rings. The van der Waals surface area contributed by atoms with Crippen molar-refractivity contribution in [2.24, 2.45) is 0 Å². The Morgan fingerprint density at radius 3 is 1.43 bits per heavy atom. The molecule has 1 N–H and O–H groups in total. The summed E-state index contributed by atoms with van der Waals surface area (Å²) >= 11 is 0. The van der Waals surface area contributed by atoms with Gasteiger partial charge in [0.15, 0.2) is 6.19 Å². The molecule has 4 heteroatoms. The van der Waals surface area contributed by atoms with Crippen LogP contribution in [0.4, 0.5) is 0 Å². The molecule has 0 aliphatic carbocycles. The van der Waals surface area contributed by atoms with Gasteiger partial charge in [-0.2, -0.15) is 5.26 Å². The Morgan fingerprint density at radius 1 is 0.739 bits per heavy atom. The molecule has 0 saturated carbocycles. The number of amides is 1. The second-order valence-electron chi connectivity index (χ2n) is 6.36. The van der Waals surface area contributed by atoms with Gasteiger partial charge in [0, 0.05) is 36.0 Å². The molecule has 23 heavy (non-hydrogen) atoms. The van der Waals surface area contributed by atoms with Crippen LogP contribution in [-0.2, 0) is 4.79 Å². The maximum absolute atomic E-state index is 11.0. The molecule has 0 aliphatic rings. The summed E-state index contributed by atoms with van der Waals surface area (Å²) in [5.74, 6) is -0.141. The Bertz CT molecular complexity index is 290. The maximum Gasteiger partial charge on any atom is 0.232 e. The normalized spacial score (nSPS) is 9.91. The van der Waals surface area contributed by atoms with Crippen LogP contribution in [0.15, 0.2) is 0 Å². The van der Waals surface area contributed by atoms with E-state index in [1.165, 1.54) is 83.5 Å². The van der Waals surface area contributed by atoms with Gasteiger partial charge in [0.1, 0.15) is 0 Å². The van der Waals surface area contributed by atoms with Crippen LogP contribution >= 0.6 is 0 Å². The molecule has 0 bridgehead atoms. The third kappa shape index (κ3) is 22.0. The average Bonchev–Trinajstić information content (AvgIpc) is 2.51. The molecule has 0 aromatic heterocycles. The summed E-state index contributed by atoms with van der Waals surface area (Å²) in [6.07, 6.45) is 22.1. The topological polar surface area (TPSA) is 52.9 Å². The van der Waals surface area contributed by atoms with E-state index in [0.717, 1.165) is 12.8 Å². The Balaban J connectivity index is 0. The van der Waals surface area contributed by atoms with Crippen molar-refractivity contribution in [2.45, 2.75) is 110 Å². The van der Waals surface area contributed by atoms with Crippen molar-refractivity contribution in [1.29, 1.82) is 5.26 Å². The Hall–Kier alpha value is -0.0400. The van der Waals surface area contributed by atoms with Gasteiger partial charge in [-0.1, -0.05) is 96.8 Å². The van der Waals surface area contributed by atoms with Gasteiger partial charge in [0.05, 0.1) is 0 Å². The minimum absolute atomic E-state index is 0. The van der Waals surface area contributed by atoms with Gasteiger partial charge in [-0.25, -0.2) is 0 Å². The van der Waals surface area contributed by atoms with Crippen molar-refractivity contribution >= 4 is 35.5 Å². The van der Waals surface area contributed by atoms with Crippen molar-refractivity contribution in [3.63, 3.8) is 0 Å². The first kappa shape index (κ1) is 25.2. The average molecular weight is 331 g/mol. The van der Waals surface area contributed by atoms with E-state index in [4.69, 9.17) is 5.26 Å². The molecule has 1 radical (unpaired) electrons. The number of nitrogens with one attached hydrogen (secondary N) is 1. The van der Waals surface area contributed by atoms with Gasteiger partial charge in [-0.3, -0.25) is 10.1 Å².